The number of esters is 1. The molecule has 0 saturated heterocycles. The van der Waals surface area contributed by atoms with Crippen LogP contribution in [-0.4, -0.2) is 18.1 Å². The molecule has 4 nitrogen and oxygen atoms in total. The van der Waals surface area contributed by atoms with Crippen molar-refractivity contribution in [3.63, 3.8) is 0 Å². The molecule has 0 unspecified atom stereocenters. The molecule has 19 heavy (non-hydrogen) atoms. The molecular weight excluding hydrogens is 284 g/mol. The molecule has 2 aromatic rings. The van der Waals surface area contributed by atoms with Crippen LogP contribution in [0.5, 0.6) is 0 Å². The van der Waals surface area contributed by atoms with E-state index in [1.807, 2.05) is 32.0 Å². The van der Waals surface area contributed by atoms with Gasteiger partial charge in [-0.15, -0.1) is 11.3 Å². The first-order valence-corrected chi connectivity index (χ1v) is 6.79. The number of aromatic nitrogens is 1. The molecule has 0 aliphatic heterocycles. The van der Waals surface area contributed by atoms with Gasteiger partial charge in [0.05, 0.1) is 17.8 Å². The van der Waals surface area contributed by atoms with Gasteiger partial charge in [-0.05, 0) is 31.5 Å². The molecule has 100 valence electrons. The fourth-order valence-electron chi connectivity index (χ4n) is 1.59. The molecule has 0 radical (unpaired) electrons. The van der Waals surface area contributed by atoms with Crippen molar-refractivity contribution in [2.45, 2.75) is 13.8 Å². The van der Waals surface area contributed by atoms with Gasteiger partial charge in [0.25, 0.3) is 0 Å². The Kier molecular flexibility index (Phi) is 4.07. The van der Waals surface area contributed by atoms with Gasteiger partial charge in [0.1, 0.15) is 0 Å². The van der Waals surface area contributed by atoms with Gasteiger partial charge in [-0.25, -0.2) is 9.78 Å². The first-order chi connectivity index (χ1) is 9.01. The molecule has 0 spiro atoms. The molecule has 0 amide bonds. The van der Waals surface area contributed by atoms with E-state index in [0.29, 0.717) is 15.8 Å². The van der Waals surface area contributed by atoms with Gasteiger partial charge in [0, 0.05) is 4.88 Å². The Morgan fingerprint density at radius 2 is 2.16 bits per heavy atom. The van der Waals surface area contributed by atoms with E-state index in [1.54, 1.807) is 0 Å². The summed E-state index contributed by atoms with van der Waals surface area (Å²) in [4.78, 5) is 16.5. The molecule has 1 aromatic carbocycles. The summed E-state index contributed by atoms with van der Waals surface area (Å²) in [6.07, 6.45) is 0. The van der Waals surface area contributed by atoms with Crippen molar-refractivity contribution in [2.24, 2.45) is 0 Å². The third kappa shape index (κ3) is 3.05. The summed E-state index contributed by atoms with van der Waals surface area (Å²) >= 11 is 7.49. The van der Waals surface area contributed by atoms with Crippen LogP contribution >= 0.6 is 22.9 Å². The zero-order valence-electron chi connectivity index (χ0n) is 10.8. The highest BCUT2D eigenvalue weighted by molar-refractivity contribution is 7.15. The number of thiazole rings is 1. The van der Waals surface area contributed by atoms with Crippen LogP contribution in [0.2, 0.25) is 5.02 Å². The molecule has 0 fully saturated rings. The Morgan fingerprint density at radius 3 is 2.84 bits per heavy atom. The van der Waals surface area contributed by atoms with Crippen molar-refractivity contribution in [1.29, 1.82) is 0 Å². The number of benzene rings is 1. The normalized spacial score (nSPS) is 10.3. The second-order valence-electron chi connectivity index (χ2n) is 4.02. The van der Waals surface area contributed by atoms with Crippen LogP contribution in [0, 0.1) is 13.8 Å². The van der Waals surface area contributed by atoms with Crippen LogP contribution in [0.3, 0.4) is 0 Å². The zero-order valence-corrected chi connectivity index (χ0v) is 12.4. The maximum absolute atomic E-state index is 11.5. The first-order valence-electron chi connectivity index (χ1n) is 5.60. The standard InChI is InChI=1S/C13H13ClN2O2S/c1-7-4-5-9(14)10(6-7)15-13-16-11(8(2)19-13)12(17)18-3/h4-6H,1-3H3,(H,15,16). The van der Waals surface area contributed by atoms with Gasteiger partial charge in [-0.2, -0.15) is 0 Å². The smallest absolute Gasteiger partial charge is 0.357 e. The van der Waals surface area contributed by atoms with E-state index in [-0.39, 0.29) is 0 Å². The van der Waals surface area contributed by atoms with Crippen LogP contribution in [0.1, 0.15) is 20.9 Å². The summed E-state index contributed by atoms with van der Waals surface area (Å²) in [6.45, 7) is 3.81. The summed E-state index contributed by atoms with van der Waals surface area (Å²) < 4.78 is 4.67. The highest BCUT2D eigenvalue weighted by Crippen LogP contribution is 2.30. The quantitative estimate of drug-likeness (QED) is 0.872. The number of carbonyl (C=O) groups is 1. The Hall–Kier alpha value is -1.59. The number of hydrogen-bond acceptors (Lipinski definition) is 5. The zero-order chi connectivity index (χ0) is 14.0. The van der Waals surface area contributed by atoms with Gasteiger partial charge >= 0.3 is 5.97 Å². The van der Waals surface area contributed by atoms with Crippen molar-refractivity contribution >= 4 is 39.7 Å². The number of nitrogens with zero attached hydrogens (tertiary/aromatic N) is 1. The van der Waals surface area contributed by atoms with Crippen LogP contribution in [0.25, 0.3) is 0 Å². The average molecular weight is 297 g/mol. The van der Waals surface area contributed by atoms with Crippen molar-refractivity contribution in [1.82, 2.24) is 4.98 Å². The molecular formula is C13H13ClN2O2S. The number of halogens is 1. The summed E-state index contributed by atoms with van der Waals surface area (Å²) in [6, 6.07) is 5.68. The van der Waals surface area contributed by atoms with Gasteiger partial charge in [-0.1, -0.05) is 17.7 Å². The number of carbonyl (C=O) groups excluding carboxylic acids is 1. The van der Waals surface area contributed by atoms with Crippen molar-refractivity contribution in [2.75, 3.05) is 12.4 Å². The van der Waals surface area contributed by atoms with Gasteiger partial charge in [-0.3, -0.25) is 0 Å². The van der Waals surface area contributed by atoms with Crippen LogP contribution < -0.4 is 5.32 Å². The minimum absolute atomic E-state index is 0.332. The molecule has 1 N–H and O–H groups in total. The van der Waals surface area contributed by atoms with E-state index in [1.165, 1.54) is 18.4 Å². The molecule has 0 aliphatic rings. The first kappa shape index (κ1) is 13.8. The topological polar surface area (TPSA) is 51.2 Å². The highest BCUT2D eigenvalue weighted by atomic mass is 35.5. The molecule has 0 atom stereocenters. The monoisotopic (exact) mass is 296 g/mol. The lowest BCUT2D eigenvalue weighted by Gasteiger charge is -2.05. The second-order valence-corrected chi connectivity index (χ2v) is 5.63. The van der Waals surface area contributed by atoms with Crippen LogP contribution in [-0.2, 0) is 4.74 Å². The predicted molar refractivity (Wildman–Crippen MR) is 77.7 cm³/mol. The van der Waals surface area contributed by atoms with E-state index >= 15 is 0 Å². The number of anilines is 2. The number of aryl methyl sites for hydroxylation is 2. The lowest BCUT2D eigenvalue weighted by molar-refractivity contribution is 0.0594. The number of rotatable bonds is 3. The van der Waals surface area contributed by atoms with Crippen molar-refractivity contribution in [3.05, 3.63) is 39.4 Å². The number of nitrogens with one attached hydrogen (secondary N) is 1. The number of hydrogen-bond donors (Lipinski definition) is 1. The second kappa shape index (κ2) is 5.59. The van der Waals surface area contributed by atoms with Crippen LogP contribution in [0.15, 0.2) is 18.2 Å². The SMILES string of the molecule is COC(=O)c1nc(Nc2cc(C)ccc2Cl)sc1C. The van der Waals surface area contributed by atoms with E-state index < -0.39 is 5.97 Å². The highest BCUT2D eigenvalue weighted by Gasteiger charge is 2.16. The average Bonchev–Trinajstić information content (AvgIpc) is 2.74. The van der Waals surface area contributed by atoms with E-state index in [2.05, 4.69) is 15.0 Å². The maximum Gasteiger partial charge on any atom is 0.357 e. The lowest BCUT2D eigenvalue weighted by Crippen LogP contribution is -2.03. The fraction of sp³-hybridized carbons (Fsp3) is 0.231. The van der Waals surface area contributed by atoms with Crippen LogP contribution in [0.4, 0.5) is 10.8 Å². The van der Waals surface area contributed by atoms with Crippen molar-refractivity contribution in [3.8, 4) is 0 Å². The molecule has 1 heterocycles. The van der Waals surface area contributed by atoms with E-state index in [9.17, 15) is 4.79 Å². The lowest BCUT2D eigenvalue weighted by atomic mass is 10.2. The number of methoxy groups -OCH3 is 1. The van der Waals surface area contributed by atoms with Gasteiger partial charge in [0.15, 0.2) is 10.8 Å². The molecule has 2 rings (SSSR count). The molecule has 0 bridgehead atoms. The molecule has 6 heteroatoms. The Labute approximate surface area is 120 Å². The fourth-order valence-corrected chi connectivity index (χ4v) is 2.56. The summed E-state index contributed by atoms with van der Waals surface area (Å²) in [5.41, 5.74) is 2.19. The maximum atomic E-state index is 11.5. The third-order valence-corrected chi connectivity index (χ3v) is 3.75. The van der Waals surface area contributed by atoms with Gasteiger partial charge < -0.3 is 10.1 Å². The van der Waals surface area contributed by atoms with E-state index in [4.69, 9.17) is 11.6 Å². The van der Waals surface area contributed by atoms with E-state index in [0.717, 1.165) is 16.1 Å². The predicted octanol–water partition coefficient (Wildman–Crippen LogP) is 3.94. The Morgan fingerprint density at radius 1 is 1.42 bits per heavy atom. The Balaban J connectivity index is 2.29. The minimum Gasteiger partial charge on any atom is -0.464 e. The molecule has 0 saturated carbocycles. The molecule has 0 aliphatic carbocycles. The number of ether oxygens (including phenoxy) is 1. The minimum atomic E-state index is -0.433. The largest absolute Gasteiger partial charge is 0.464 e. The van der Waals surface area contributed by atoms with Gasteiger partial charge in [0.2, 0.25) is 0 Å². The summed E-state index contributed by atoms with van der Waals surface area (Å²) in [5.74, 6) is -0.433. The summed E-state index contributed by atoms with van der Waals surface area (Å²) in [5, 5.41) is 4.35. The molecule has 1 aromatic heterocycles. The van der Waals surface area contributed by atoms with Crippen molar-refractivity contribution < 1.29 is 9.53 Å². The third-order valence-electron chi connectivity index (χ3n) is 2.54. The Bertz CT molecular complexity index is 625. The summed E-state index contributed by atoms with van der Waals surface area (Å²) in [7, 11) is 1.34.